The first-order valence-electron chi connectivity index (χ1n) is 6.59. The second-order valence-corrected chi connectivity index (χ2v) is 5.49. The van der Waals surface area contributed by atoms with Gasteiger partial charge in [0.1, 0.15) is 6.29 Å². The summed E-state index contributed by atoms with van der Waals surface area (Å²) in [5.41, 5.74) is 0.921. The van der Waals surface area contributed by atoms with Gasteiger partial charge in [0.05, 0.1) is 13.7 Å². The molecule has 1 aliphatic carbocycles. The maximum Gasteiger partial charge on any atom is 0.162 e. The number of hydrogen-bond donors (Lipinski definition) is 0. The van der Waals surface area contributed by atoms with Gasteiger partial charge in [-0.3, -0.25) is 0 Å². The molecule has 1 fully saturated rings. The van der Waals surface area contributed by atoms with Crippen molar-refractivity contribution < 1.29 is 14.3 Å². The van der Waals surface area contributed by atoms with E-state index in [0.717, 1.165) is 18.5 Å². The molecule has 104 valence electrons. The molecule has 0 bridgehead atoms. The fourth-order valence-electron chi connectivity index (χ4n) is 1.96. The Morgan fingerprint density at radius 3 is 2.74 bits per heavy atom. The minimum Gasteiger partial charge on any atom is -0.493 e. The average molecular weight is 283 g/mol. The van der Waals surface area contributed by atoms with Gasteiger partial charge in [0.25, 0.3) is 0 Å². The van der Waals surface area contributed by atoms with Crippen LogP contribution in [0.1, 0.15) is 37.7 Å². The van der Waals surface area contributed by atoms with Crippen LogP contribution in [0.4, 0.5) is 0 Å². The number of methoxy groups -OCH3 is 1. The quantitative estimate of drug-likeness (QED) is 0.713. The Morgan fingerprint density at radius 1 is 1.42 bits per heavy atom. The van der Waals surface area contributed by atoms with E-state index in [2.05, 4.69) is 0 Å². The van der Waals surface area contributed by atoms with Crippen LogP contribution in [-0.2, 0) is 4.79 Å². The number of halogens is 1. The number of benzene rings is 1. The molecular formula is C15H19ClO3. The number of rotatable bonds is 7. The van der Waals surface area contributed by atoms with Gasteiger partial charge < -0.3 is 14.3 Å². The van der Waals surface area contributed by atoms with Gasteiger partial charge in [0.15, 0.2) is 11.5 Å². The molecule has 0 spiro atoms. The number of carbonyl (C=O) groups excluding carboxylic acids is 1. The first kappa shape index (κ1) is 14.2. The van der Waals surface area contributed by atoms with Crippen molar-refractivity contribution >= 4 is 17.9 Å². The third kappa shape index (κ3) is 3.63. The normalized spacial score (nSPS) is 15.9. The minimum absolute atomic E-state index is 0.0800. The third-order valence-electron chi connectivity index (χ3n) is 3.44. The SMILES string of the molecule is COc1cc(C(C)CC=O)c(Cl)cc1OCC1CC1. The predicted octanol–water partition coefficient (Wildman–Crippen LogP) is 3.83. The highest BCUT2D eigenvalue weighted by molar-refractivity contribution is 6.31. The fourth-order valence-corrected chi connectivity index (χ4v) is 2.30. The van der Waals surface area contributed by atoms with Gasteiger partial charge in [-0.2, -0.15) is 0 Å². The molecule has 1 saturated carbocycles. The molecule has 2 rings (SSSR count). The minimum atomic E-state index is 0.0800. The highest BCUT2D eigenvalue weighted by Gasteiger charge is 2.23. The summed E-state index contributed by atoms with van der Waals surface area (Å²) < 4.78 is 11.1. The van der Waals surface area contributed by atoms with E-state index in [9.17, 15) is 4.79 Å². The van der Waals surface area contributed by atoms with Crippen LogP contribution in [0.15, 0.2) is 12.1 Å². The molecule has 0 N–H and O–H groups in total. The Balaban J connectivity index is 2.19. The highest BCUT2D eigenvalue weighted by atomic mass is 35.5. The first-order chi connectivity index (χ1) is 9.15. The van der Waals surface area contributed by atoms with Crippen molar-refractivity contribution in [3.63, 3.8) is 0 Å². The number of ether oxygens (including phenoxy) is 2. The summed E-state index contributed by atoms with van der Waals surface area (Å²) in [6.45, 7) is 2.69. The van der Waals surface area contributed by atoms with Crippen LogP contribution in [0.25, 0.3) is 0 Å². The molecule has 0 amide bonds. The van der Waals surface area contributed by atoms with E-state index in [-0.39, 0.29) is 5.92 Å². The van der Waals surface area contributed by atoms with Gasteiger partial charge in [-0.05, 0) is 36.3 Å². The van der Waals surface area contributed by atoms with Gasteiger partial charge in [0.2, 0.25) is 0 Å². The molecule has 1 unspecified atom stereocenters. The second-order valence-electron chi connectivity index (χ2n) is 5.08. The topological polar surface area (TPSA) is 35.5 Å². The number of carbonyl (C=O) groups is 1. The van der Waals surface area contributed by atoms with E-state index in [4.69, 9.17) is 21.1 Å². The molecule has 1 atom stereocenters. The lowest BCUT2D eigenvalue weighted by atomic mass is 9.98. The van der Waals surface area contributed by atoms with Crippen molar-refractivity contribution in [2.24, 2.45) is 5.92 Å². The lowest BCUT2D eigenvalue weighted by molar-refractivity contribution is -0.108. The summed E-state index contributed by atoms with van der Waals surface area (Å²) in [4.78, 5) is 10.6. The first-order valence-corrected chi connectivity index (χ1v) is 6.97. The Kier molecular flexibility index (Phi) is 4.70. The molecule has 19 heavy (non-hydrogen) atoms. The average Bonchev–Trinajstić information content (AvgIpc) is 3.20. The van der Waals surface area contributed by atoms with Crippen LogP contribution in [0, 0.1) is 5.92 Å². The summed E-state index contributed by atoms with van der Waals surface area (Å²) in [5, 5.41) is 0.626. The predicted molar refractivity (Wildman–Crippen MR) is 75.3 cm³/mol. The van der Waals surface area contributed by atoms with E-state index in [1.165, 1.54) is 12.8 Å². The molecule has 0 aliphatic heterocycles. The van der Waals surface area contributed by atoms with E-state index in [1.54, 1.807) is 13.2 Å². The van der Waals surface area contributed by atoms with Crippen LogP contribution < -0.4 is 9.47 Å². The van der Waals surface area contributed by atoms with Gasteiger partial charge in [-0.15, -0.1) is 0 Å². The van der Waals surface area contributed by atoms with Crippen molar-refractivity contribution in [2.75, 3.05) is 13.7 Å². The van der Waals surface area contributed by atoms with Crippen molar-refractivity contribution in [3.8, 4) is 11.5 Å². The molecule has 1 aliphatic rings. The summed E-state index contributed by atoms with van der Waals surface area (Å²) in [6.07, 6.45) is 3.84. The Morgan fingerprint density at radius 2 is 2.16 bits per heavy atom. The van der Waals surface area contributed by atoms with Crippen LogP contribution in [0.5, 0.6) is 11.5 Å². The zero-order valence-corrected chi connectivity index (χ0v) is 12.1. The lowest BCUT2D eigenvalue weighted by Gasteiger charge is -2.16. The van der Waals surface area contributed by atoms with E-state index >= 15 is 0 Å². The molecule has 0 saturated heterocycles. The van der Waals surface area contributed by atoms with Gasteiger partial charge in [-0.1, -0.05) is 18.5 Å². The monoisotopic (exact) mass is 282 g/mol. The van der Waals surface area contributed by atoms with Gasteiger partial charge in [0, 0.05) is 17.5 Å². The van der Waals surface area contributed by atoms with Crippen molar-refractivity contribution in [3.05, 3.63) is 22.7 Å². The fraction of sp³-hybridized carbons (Fsp3) is 0.533. The smallest absolute Gasteiger partial charge is 0.162 e. The van der Waals surface area contributed by atoms with Crippen LogP contribution in [0.3, 0.4) is 0 Å². The van der Waals surface area contributed by atoms with Gasteiger partial charge in [-0.25, -0.2) is 0 Å². The van der Waals surface area contributed by atoms with Crippen molar-refractivity contribution in [2.45, 2.75) is 32.1 Å². The third-order valence-corrected chi connectivity index (χ3v) is 3.76. The molecular weight excluding hydrogens is 264 g/mol. The lowest BCUT2D eigenvalue weighted by Crippen LogP contribution is -2.03. The molecule has 0 radical (unpaired) electrons. The molecule has 0 heterocycles. The number of hydrogen-bond acceptors (Lipinski definition) is 3. The standard InChI is InChI=1S/C15H19ClO3/c1-10(5-6-17)12-7-14(18-2)15(8-13(12)16)19-9-11-3-4-11/h6-8,10-11H,3-5,9H2,1-2H3. The molecule has 1 aromatic rings. The molecule has 0 aromatic heterocycles. The van der Waals surface area contributed by atoms with Crippen LogP contribution in [-0.4, -0.2) is 20.0 Å². The highest BCUT2D eigenvalue weighted by Crippen LogP contribution is 2.38. The summed E-state index contributed by atoms with van der Waals surface area (Å²) in [6, 6.07) is 3.66. The Bertz CT molecular complexity index is 455. The Labute approximate surface area is 118 Å². The molecule has 3 nitrogen and oxygen atoms in total. The van der Waals surface area contributed by atoms with Crippen LogP contribution >= 0.6 is 11.6 Å². The zero-order valence-electron chi connectivity index (χ0n) is 11.3. The van der Waals surface area contributed by atoms with E-state index < -0.39 is 0 Å². The van der Waals surface area contributed by atoms with Crippen molar-refractivity contribution in [1.82, 2.24) is 0 Å². The van der Waals surface area contributed by atoms with Crippen molar-refractivity contribution in [1.29, 1.82) is 0 Å². The zero-order chi connectivity index (χ0) is 13.8. The molecule has 1 aromatic carbocycles. The van der Waals surface area contributed by atoms with Crippen LogP contribution in [0.2, 0.25) is 5.02 Å². The maximum atomic E-state index is 10.6. The molecule has 4 heteroatoms. The second kappa shape index (κ2) is 6.29. The van der Waals surface area contributed by atoms with E-state index in [0.29, 0.717) is 28.9 Å². The largest absolute Gasteiger partial charge is 0.493 e. The Hall–Kier alpha value is -1.22. The summed E-state index contributed by atoms with van der Waals surface area (Å²) in [5.74, 6) is 2.12. The summed E-state index contributed by atoms with van der Waals surface area (Å²) in [7, 11) is 1.61. The van der Waals surface area contributed by atoms with E-state index in [1.807, 2.05) is 13.0 Å². The summed E-state index contributed by atoms with van der Waals surface area (Å²) >= 11 is 6.27. The maximum absolute atomic E-state index is 10.6. The number of aldehydes is 1. The van der Waals surface area contributed by atoms with Gasteiger partial charge >= 0.3 is 0 Å².